The number of likely N-dealkylation sites (tertiary alicyclic amines) is 1. The second-order valence-corrected chi connectivity index (χ2v) is 6.63. The highest BCUT2D eigenvalue weighted by Gasteiger charge is 2.37. The highest BCUT2D eigenvalue weighted by atomic mass is 32.1. The molecular weight excluding hydrogens is 296 g/mol. The van der Waals surface area contributed by atoms with E-state index in [0.29, 0.717) is 0 Å². The number of rotatable bonds is 2. The average Bonchev–Trinajstić information content (AvgIpc) is 3.01. The van der Waals surface area contributed by atoms with Gasteiger partial charge in [-0.2, -0.15) is 0 Å². The van der Waals surface area contributed by atoms with Crippen molar-refractivity contribution < 1.29 is 13.6 Å². The van der Waals surface area contributed by atoms with E-state index in [4.69, 9.17) is 0 Å². The third-order valence-corrected chi connectivity index (χ3v) is 5.17. The molecule has 1 amide bonds. The largest absolute Gasteiger partial charge is 0.348 e. The molecule has 7 heteroatoms. The number of nitrogens with zero attached hydrogens (tertiary/aromatic N) is 3. The summed E-state index contributed by atoms with van der Waals surface area (Å²) in [7, 11) is 0. The standard InChI is InChI=1S/C14H19F2N3OS/c15-14(16)3-8-18(9-4-14)12(20)11-1-6-19(7-2-11)13-17-5-10-21-13/h5,10-11H,1-4,6-9H2. The zero-order valence-electron chi connectivity index (χ0n) is 11.8. The lowest BCUT2D eigenvalue weighted by Crippen LogP contribution is -2.47. The van der Waals surface area contributed by atoms with Gasteiger partial charge in [0.05, 0.1) is 0 Å². The van der Waals surface area contributed by atoms with E-state index in [9.17, 15) is 13.6 Å². The molecule has 2 fully saturated rings. The second kappa shape index (κ2) is 5.87. The number of aromatic nitrogens is 1. The number of carbonyl (C=O) groups excluding carboxylic acids is 1. The third kappa shape index (κ3) is 3.33. The summed E-state index contributed by atoms with van der Waals surface area (Å²) in [6.07, 6.45) is 2.95. The minimum absolute atomic E-state index is 0.0204. The molecule has 0 aromatic carbocycles. The van der Waals surface area contributed by atoms with Crippen molar-refractivity contribution in [1.82, 2.24) is 9.88 Å². The highest BCUT2D eigenvalue weighted by Crippen LogP contribution is 2.30. The summed E-state index contributed by atoms with van der Waals surface area (Å²) in [5, 5.41) is 2.94. The molecule has 21 heavy (non-hydrogen) atoms. The maximum absolute atomic E-state index is 13.1. The molecule has 2 aliphatic rings. The zero-order valence-corrected chi connectivity index (χ0v) is 12.6. The molecule has 0 saturated carbocycles. The maximum atomic E-state index is 13.1. The minimum Gasteiger partial charge on any atom is -0.348 e. The van der Waals surface area contributed by atoms with Gasteiger partial charge in [0.25, 0.3) is 5.92 Å². The Balaban J connectivity index is 1.51. The number of carbonyl (C=O) groups is 1. The van der Waals surface area contributed by atoms with Gasteiger partial charge >= 0.3 is 0 Å². The van der Waals surface area contributed by atoms with Crippen LogP contribution in [-0.4, -0.2) is 47.9 Å². The third-order valence-electron chi connectivity index (χ3n) is 4.34. The van der Waals surface area contributed by atoms with E-state index in [2.05, 4.69) is 9.88 Å². The molecule has 2 aliphatic heterocycles. The second-order valence-electron chi connectivity index (χ2n) is 5.76. The average molecular weight is 315 g/mol. The predicted molar refractivity (Wildman–Crippen MR) is 77.8 cm³/mol. The van der Waals surface area contributed by atoms with Crippen molar-refractivity contribution in [2.45, 2.75) is 31.6 Å². The summed E-state index contributed by atoms with van der Waals surface area (Å²) in [5.41, 5.74) is 0. The van der Waals surface area contributed by atoms with Crippen LogP contribution >= 0.6 is 11.3 Å². The topological polar surface area (TPSA) is 36.4 Å². The monoisotopic (exact) mass is 315 g/mol. The van der Waals surface area contributed by atoms with Crippen LogP contribution in [0.3, 0.4) is 0 Å². The van der Waals surface area contributed by atoms with E-state index in [0.717, 1.165) is 31.1 Å². The Morgan fingerprint density at radius 3 is 2.48 bits per heavy atom. The number of halogens is 2. The first-order chi connectivity index (χ1) is 10.1. The summed E-state index contributed by atoms with van der Waals surface area (Å²) in [6.45, 7) is 2.01. The van der Waals surface area contributed by atoms with E-state index < -0.39 is 5.92 Å². The lowest BCUT2D eigenvalue weighted by Gasteiger charge is -2.37. The molecule has 116 valence electrons. The fourth-order valence-corrected chi connectivity index (χ4v) is 3.70. The van der Waals surface area contributed by atoms with E-state index in [1.54, 1.807) is 22.4 Å². The van der Waals surface area contributed by atoms with Crippen LogP contribution in [0.1, 0.15) is 25.7 Å². The number of hydrogen-bond donors (Lipinski definition) is 0. The van der Waals surface area contributed by atoms with Crippen molar-refractivity contribution in [3.05, 3.63) is 11.6 Å². The molecular formula is C14H19F2N3OS. The first-order valence-electron chi connectivity index (χ1n) is 7.36. The minimum atomic E-state index is -2.59. The Hall–Kier alpha value is -1.24. The first kappa shape index (κ1) is 14.7. The Morgan fingerprint density at radius 2 is 1.90 bits per heavy atom. The van der Waals surface area contributed by atoms with Crippen molar-refractivity contribution in [3.63, 3.8) is 0 Å². The molecule has 0 spiro atoms. The lowest BCUT2D eigenvalue weighted by molar-refractivity contribution is -0.142. The number of piperidine rings is 2. The van der Waals surface area contributed by atoms with Crippen LogP contribution in [0.4, 0.5) is 13.9 Å². The molecule has 2 saturated heterocycles. The predicted octanol–water partition coefficient (Wildman–Crippen LogP) is 2.62. The first-order valence-corrected chi connectivity index (χ1v) is 8.24. The number of hydrogen-bond acceptors (Lipinski definition) is 4. The normalized spacial score (nSPS) is 23.3. The molecule has 0 unspecified atom stereocenters. The molecule has 3 rings (SSSR count). The van der Waals surface area contributed by atoms with E-state index in [1.165, 1.54) is 0 Å². The Morgan fingerprint density at radius 1 is 1.24 bits per heavy atom. The Kier molecular flexibility index (Phi) is 4.10. The molecule has 1 aromatic rings. The highest BCUT2D eigenvalue weighted by molar-refractivity contribution is 7.13. The van der Waals surface area contributed by atoms with Crippen LogP contribution < -0.4 is 4.90 Å². The molecule has 1 aromatic heterocycles. The number of alkyl halides is 2. The van der Waals surface area contributed by atoms with Gasteiger partial charge in [-0.05, 0) is 12.8 Å². The lowest BCUT2D eigenvalue weighted by atomic mass is 9.94. The van der Waals surface area contributed by atoms with Crippen molar-refractivity contribution >= 4 is 22.4 Å². The Labute approximate surface area is 126 Å². The van der Waals surface area contributed by atoms with Crippen LogP contribution in [0, 0.1) is 5.92 Å². The summed E-state index contributed by atoms with van der Waals surface area (Å²) in [4.78, 5) is 20.5. The fraction of sp³-hybridized carbons (Fsp3) is 0.714. The van der Waals surface area contributed by atoms with Crippen LogP contribution in [0.15, 0.2) is 11.6 Å². The van der Waals surface area contributed by atoms with Crippen LogP contribution in [-0.2, 0) is 4.79 Å². The van der Waals surface area contributed by atoms with Crippen molar-refractivity contribution in [3.8, 4) is 0 Å². The molecule has 0 N–H and O–H groups in total. The maximum Gasteiger partial charge on any atom is 0.251 e. The van der Waals surface area contributed by atoms with Gasteiger partial charge in [0.15, 0.2) is 5.13 Å². The van der Waals surface area contributed by atoms with Gasteiger partial charge in [0.2, 0.25) is 5.91 Å². The van der Waals surface area contributed by atoms with Crippen molar-refractivity contribution in [2.24, 2.45) is 5.92 Å². The zero-order chi connectivity index (χ0) is 14.9. The smallest absolute Gasteiger partial charge is 0.251 e. The van der Waals surface area contributed by atoms with Crippen LogP contribution in [0.2, 0.25) is 0 Å². The summed E-state index contributed by atoms with van der Waals surface area (Å²) >= 11 is 1.60. The molecule has 0 atom stereocenters. The summed E-state index contributed by atoms with van der Waals surface area (Å²) in [5.74, 6) is -2.55. The van der Waals surface area contributed by atoms with E-state index in [-0.39, 0.29) is 37.8 Å². The number of anilines is 1. The molecule has 0 aliphatic carbocycles. The van der Waals surface area contributed by atoms with Gasteiger partial charge in [-0.15, -0.1) is 11.3 Å². The van der Waals surface area contributed by atoms with Gasteiger partial charge < -0.3 is 9.80 Å². The van der Waals surface area contributed by atoms with Gasteiger partial charge in [-0.1, -0.05) is 0 Å². The van der Waals surface area contributed by atoms with Gasteiger partial charge in [-0.3, -0.25) is 4.79 Å². The molecule has 4 nitrogen and oxygen atoms in total. The van der Waals surface area contributed by atoms with Gasteiger partial charge in [-0.25, -0.2) is 13.8 Å². The van der Waals surface area contributed by atoms with E-state index in [1.807, 2.05) is 5.38 Å². The van der Waals surface area contributed by atoms with Crippen LogP contribution in [0.5, 0.6) is 0 Å². The fourth-order valence-electron chi connectivity index (χ4n) is 3.00. The summed E-state index contributed by atoms with van der Waals surface area (Å²) in [6, 6.07) is 0. The number of thiazole rings is 1. The van der Waals surface area contributed by atoms with E-state index >= 15 is 0 Å². The SMILES string of the molecule is O=C(C1CCN(c2nccs2)CC1)N1CCC(F)(F)CC1. The van der Waals surface area contributed by atoms with Crippen molar-refractivity contribution in [1.29, 1.82) is 0 Å². The van der Waals surface area contributed by atoms with Crippen molar-refractivity contribution in [2.75, 3.05) is 31.1 Å². The summed E-state index contributed by atoms with van der Waals surface area (Å²) < 4.78 is 26.3. The Bertz CT molecular complexity index is 476. The van der Waals surface area contributed by atoms with Crippen LogP contribution in [0.25, 0.3) is 0 Å². The van der Waals surface area contributed by atoms with Gasteiger partial charge in [0, 0.05) is 56.5 Å². The quantitative estimate of drug-likeness (QED) is 0.842. The number of amides is 1. The molecule has 0 bridgehead atoms. The van der Waals surface area contributed by atoms with Gasteiger partial charge in [0.1, 0.15) is 0 Å². The molecule has 3 heterocycles. The molecule has 0 radical (unpaired) electrons.